The number of aromatic amines is 1. The minimum atomic E-state index is -0.139. The monoisotopic (exact) mass is 295 g/mol. The number of hydrogen-bond donors (Lipinski definition) is 2. The van der Waals surface area contributed by atoms with Gasteiger partial charge in [-0.15, -0.1) is 0 Å². The van der Waals surface area contributed by atoms with Gasteiger partial charge in [0.05, 0.1) is 5.56 Å². The summed E-state index contributed by atoms with van der Waals surface area (Å²) in [5.41, 5.74) is 5.45. The average molecular weight is 295 g/mol. The fraction of sp³-hybridized carbons (Fsp3) is 0.444. The third-order valence-corrected chi connectivity index (χ3v) is 5.44. The Balaban J connectivity index is 1.49. The Hall–Kier alpha value is -2.10. The van der Waals surface area contributed by atoms with Crippen LogP contribution in [-0.4, -0.2) is 16.6 Å². The van der Waals surface area contributed by atoms with Gasteiger partial charge >= 0.3 is 0 Å². The molecule has 1 amide bonds. The van der Waals surface area contributed by atoms with Gasteiger partial charge in [0.1, 0.15) is 0 Å². The number of amides is 1. The SMILES string of the molecule is C/C(=N\NC(=O)c1c[nH]c2ccccc12)C1CC2CCC1C2. The van der Waals surface area contributed by atoms with Crippen LogP contribution >= 0.6 is 0 Å². The first-order valence-corrected chi connectivity index (χ1v) is 8.13. The van der Waals surface area contributed by atoms with Gasteiger partial charge in [0.25, 0.3) is 5.91 Å². The van der Waals surface area contributed by atoms with Crippen LogP contribution in [0.5, 0.6) is 0 Å². The summed E-state index contributed by atoms with van der Waals surface area (Å²) in [7, 11) is 0. The molecule has 0 saturated heterocycles. The Kier molecular flexibility index (Phi) is 3.25. The molecule has 1 heterocycles. The smallest absolute Gasteiger partial charge is 0.273 e. The molecule has 2 N–H and O–H groups in total. The van der Waals surface area contributed by atoms with Crippen molar-refractivity contribution in [3.63, 3.8) is 0 Å². The van der Waals surface area contributed by atoms with Gasteiger partial charge in [-0.3, -0.25) is 4.79 Å². The summed E-state index contributed by atoms with van der Waals surface area (Å²) in [6.07, 6.45) is 7.08. The molecule has 2 aliphatic carbocycles. The lowest BCUT2D eigenvalue weighted by atomic mass is 9.86. The van der Waals surface area contributed by atoms with Crippen molar-refractivity contribution in [1.29, 1.82) is 0 Å². The van der Waals surface area contributed by atoms with E-state index in [-0.39, 0.29) is 5.91 Å². The van der Waals surface area contributed by atoms with E-state index in [4.69, 9.17) is 0 Å². The van der Waals surface area contributed by atoms with Crippen molar-refractivity contribution in [3.8, 4) is 0 Å². The topological polar surface area (TPSA) is 57.2 Å². The number of carbonyl (C=O) groups is 1. The van der Waals surface area contributed by atoms with E-state index in [1.165, 1.54) is 25.7 Å². The van der Waals surface area contributed by atoms with Crippen LogP contribution in [-0.2, 0) is 0 Å². The Morgan fingerprint density at radius 3 is 2.91 bits per heavy atom. The normalized spacial score (nSPS) is 27.5. The van der Waals surface area contributed by atoms with Crippen molar-refractivity contribution in [2.24, 2.45) is 22.9 Å². The number of hydrogen-bond acceptors (Lipinski definition) is 2. The molecule has 3 atom stereocenters. The molecule has 2 fully saturated rings. The van der Waals surface area contributed by atoms with Crippen molar-refractivity contribution < 1.29 is 4.79 Å². The van der Waals surface area contributed by atoms with Crippen molar-refractivity contribution in [2.75, 3.05) is 0 Å². The summed E-state index contributed by atoms with van der Waals surface area (Å²) in [5, 5.41) is 5.33. The number of benzene rings is 1. The van der Waals surface area contributed by atoms with E-state index >= 15 is 0 Å². The number of nitrogens with one attached hydrogen (secondary N) is 2. The van der Waals surface area contributed by atoms with E-state index in [1.807, 2.05) is 24.3 Å². The number of aromatic nitrogens is 1. The fourth-order valence-electron chi connectivity index (χ4n) is 4.30. The van der Waals surface area contributed by atoms with Crippen molar-refractivity contribution in [3.05, 3.63) is 36.0 Å². The molecule has 0 aliphatic heterocycles. The Bertz CT molecular complexity index is 746. The third kappa shape index (κ3) is 2.23. The van der Waals surface area contributed by atoms with Gasteiger partial charge in [-0.1, -0.05) is 24.6 Å². The molecule has 1 aromatic heterocycles. The second-order valence-corrected chi connectivity index (χ2v) is 6.72. The zero-order valence-corrected chi connectivity index (χ0v) is 12.8. The van der Waals surface area contributed by atoms with E-state index in [1.54, 1.807) is 6.20 Å². The third-order valence-electron chi connectivity index (χ3n) is 5.44. The Morgan fingerprint density at radius 2 is 2.14 bits per heavy atom. The van der Waals surface area contributed by atoms with Gasteiger partial charge in [-0.05, 0) is 44.1 Å². The summed E-state index contributed by atoms with van der Waals surface area (Å²) in [5.74, 6) is 2.12. The number of nitrogens with zero attached hydrogens (tertiary/aromatic N) is 1. The number of H-pyrrole nitrogens is 1. The Morgan fingerprint density at radius 1 is 1.27 bits per heavy atom. The molecule has 4 heteroatoms. The summed E-state index contributed by atoms with van der Waals surface area (Å²) in [4.78, 5) is 15.5. The summed E-state index contributed by atoms with van der Waals surface area (Å²) in [6, 6.07) is 7.82. The molecule has 0 spiro atoms. The predicted octanol–water partition coefficient (Wildman–Crippen LogP) is 3.71. The predicted molar refractivity (Wildman–Crippen MR) is 87.8 cm³/mol. The maximum Gasteiger partial charge on any atom is 0.273 e. The van der Waals surface area contributed by atoms with Gasteiger partial charge in [0, 0.05) is 28.7 Å². The zero-order valence-electron chi connectivity index (χ0n) is 12.8. The molecule has 2 aliphatic rings. The molecule has 0 radical (unpaired) electrons. The highest BCUT2D eigenvalue weighted by Crippen LogP contribution is 2.48. The second-order valence-electron chi connectivity index (χ2n) is 6.72. The number of carbonyl (C=O) groups excluding carboxylic acids is 1. The van der Waals surface area contributed by atoms with E-state index in [0.717, 1.165) is 28.5 Å². The molecule has 3 unspecified atom stereocenters. The van der Waals surface area contributed by atoms with Gasteiger partial charge in [-0.2, -0.15) is 5.10 Å². The van der Waals surface area contributed by atoms with Gasteiger partial charge in [-0.25, -0.2) is 5.43 Å². The van der Waals surface area contributed by atoms with Crippen molar-refractivity contribution >= 4 is 22.5 Å². The largest absolute Gasteiger partial charge is 0.360 e. The maximum absolute atomic E-state index is 12.4. The molecule has 114 valence electrons. The lowest BCUT2D eigenvalue weighted by Gasteiger charge is -2.21. The zero-order chi connectivity index (χ0) is 15.1. The van der Waals surface area contributed by atoms with Gasteiger partial charge < -0.3 is 4.98 Å². The quantitative estimate of drug-likeness (QED) is 0.658. The van der Waals surface area contributed by atoms with Gasteiger partial charge in [0.15, 0.2) is 0 Å². The van der Waals surface area contributed by atoms with Crippen LogP contribution in [0.25, 0.3) is 10.9 Å². The highest BCUT2D eigenvalue weighted by atomic mass is 16.2. The lowest BCUT2D eigenvalue weighted by molar-refractivity contribution is 0.0956. The van der Waals surface area contributed by atoms with Crippen molar-refractivity contribution in [2.45, 2.75) is 32.6 Å². The van der Waals surface area contributed by atoms with Crippen LogP contribution in [0.15, 0.2) is 35.6 Å². The van der Waals surface area contributed by atoms with E-state index in [0.29, 0.717) is 11.5 Å². The first kappa shape index (κ1) is 13.6. The highest BCUT2D eigenvalue weighted by molar-refractivity contribution is 6.07. The summed E-state index contributed by atoms with van der Waals surface area (Å²) >= 11 is 0. The first-order valence-electron chi connectivity index (χ1n) is 8.13. The van der Waals surface area contributed by atoms with E-state index in [2.05, 4.69) is 22.4 Å². The molecule has 22 heavy (non-hydrogen) atoms. The minimum Gasteiger partial charge on any atom is -0.360 e. The molecule has 1 aromatic carbocycles. The number of rotatable bonds is 3. The molecular formula is C18H21N3O. The Labute approximate surface area is 130 Å². The van der Waals surface area contributed by atoms with Crippen LogP contribution in [0.4, 0.5) is 0 Å². The number of fused-ring (bicyclic) bond motifs is 3. The molecule has 2 aromatic rings. The maximum atomic E-state index is 12.4. The first-order chi connectivity index (χ1) is 10.7. The highest BCUT2D eigenvalue weighted by Gasteiger charge is 2.40. The lowest BCUT2D eigenvalue weighted by Crippen LogP contribution is -2.24. The molecule has 2 bridgehead atoms. The summed E-state index contributed by atoms with van der Waals surface area (Å²) in [6.45, 7) is 2.06. The molecule has 4 nitrogen and oxygen atoms in total. The van der Waals surface area contributed by atoms with Gasteiger partial charge in [0.2, 0.25) is 0 Å². The van der Waals surface area contributed by atoms with E-state index < -0.39 is 0 Å². The molecule has 4 rings (SSSR count). The number of hydrazone groups is 1. The minimum absolute atomic E-state index is 0.139. The fourth-order valence-corrected chi connectivity index (χ4v) is 4.30. The van der Waals surface area contributed by atoms with Crippen LogP contribution in [0.2, 0.25) is 0 Å². The van der Waals surface area contributed by atoms with Crippen LogP contribution in [0, 0.1) is 17.8 Å². The van der Waals surface area contributed by atoms with Crippen LogP contribution in [0.1, 0.15) is 43.0 Å². The average Bonchev–Trinajstić information content (AvgIpc) is 3.26. The van der Waals surface area contributed by atoms with Crippen LogP contribution in [0.3, 0.4) is 0 Å². The molecule has 2 saturated carbocycles. The standard InChI is InChI=1S/C18H21N3O/c1-11(15-9-12-6-7-13(15)8-12)20-21-18(22)16-10-19-17-5-3-2-4-14(16)17/h2-5,10,12-13,15,19H,6-9H2,1H3,(H,21,22)/b20-11+. The summed E-state index contributed by atoms with van der Waals surface area (Å²) < 4.78 is 0. The second kappa shape index (κ2) is 5.27. The van der Waals surface area contributed by atoms with E-state index in [9.17, 15) is 4.79 Å². The molecular weight excluding hydrogens is 274 g/mol. The van der Waals surface area contributed by atoms with Crippen LogP contribution < -0.4 is 5.43 Å². The van der Waals surface area contributed by atoms with Crippen molar-refractivity contribution in [1.82, 2.24) is 10.4 Å². The number of para-hydroxylation sites is 1.